The summed E-state index contributed by atoms with van der Waals surface area (Å²) >= 11 is 0. The Kier molecular flexibility index (Phi) is 4.56. The zero-order chi connectivity index (χ0) is 19.8. The van der Waals surface area contributed by atoms with Crippen LogP contribution in [0, 0.1) is 0 Å². The van der Waals surface area contributed by atoms with Crippen LogP contribution in [0.25, 0.3) is 10.9 Å². The van der Waals surface area contributed by atoms with E-state index in [1.807, 2.05) is 0 Å². The average molecular weight is 392 g/mol. The molecule has 3 aromatic rings. The number of nitrogens with one attached hydrogen (secondary N) is 1. The molecular formula is C22H24N4O3. The number of esters is 1. The number of aromatic nitrogens is 3. The molecule has 2 aliphatic heterocycles. The number of ether oxygens (including phenoxy) is 2. The maximum absolute atomic E-state index is 11.5. The van der Waals surface area contributed by atoms with E-state index in [1.165, 1.54) is 35.5 Å². The summed E-state index contributed by atoms with van der Waals surface area (Å²) in [6, 6.07) is 8.53. The number of aromatic amines is 1. The molecular weight excluding hydrogens is 368 g/mol. The molecule has 0 atom stereocenters. The summed E-state index contributed by atoms with van der Waals surface area (Å²) in [5, 5.41) is 1.33. The summed E-state index contributed by atoms with van der Waals surface area (Å²) in [5.74, 6) is -0.465. The molecule has 1 aromatic carbocycles. The minimum absolute atomic E-state index is 0.219. The van der Waals surface area contributed by atoms with Crippen LogP contribution in [0.1, 0.15) is 40.3 Å². The van der Waals surface area contributed by atoms with Gasteiger partial charge in [-0.1, -0.05) is 18.2 Å². The quantitative estimate of drug-likeness (QED) is 0.691. The summed E-state index contributed by atoms with van der Waals surface area (Å²) in [4.78, 5) is 26.0. The second kappa shape index (κ2) is 7.24. The van der Waals surface area contributed by atoms with E-state index < -0.39 is 5.97 Å². The van der Waals surface area contributed by atoms with Gasteiger partial charge in [-0.2, -0.15) is 0 Å². The molecule has 1 spiro atoms. The molecule has 0 bridgehead atoms. The van der Waals surface area contributed by atoms with Crippen LogP contribution in [0.15, 0.2) is 36.7 Å². The molecule has 150 valence electrons. The van der Waals surface area contributed by atoms with Crippen molar-refractivity contribution in [3.05, 3.63) is 59.3 Å². The van der Waals surface area contributed by atoms with Crippen molar-refractivity contribution >= 4 is 16.9 Å². The van der Waals surface area contributed by atoms with Gasteiger partial charge in [0.15, 0.2) is 5.69 Å². The first-order valence-electron chi connectivity index (χ1n) is 10.0. The molecule has 4 heterocycles. The van der Waals surface area contributed by atoms with E-state index in [0.29, 0.717) is 6.54 Å². The number of piperidine rings is 1. The monoisotopic (exact) mass is 392 g/mol. The number of nitrogens with zero attached hydrogens (tertiary/aromatic N) is 3. The van der Waals surface area contributed by atoms with E-state index >= 15 is 0 Å². The highest BCUT2D eigenvalue weighted by atomic mass is 16.5. The fraction of sp³-hybridized carbons (Fsp3) is 0.409. The third kappa shape index (κ3) is 3.20. The smallest absolute Gasteiger partial charge is 0.358 e. The fourth-order valence-corrected chi connectivity index (χ4v) is 4.61. The molecule has 0 unspecified atom stereocenters. The molecule has 0 saturated carbocycles. The van der Waals surface area contributed by atoms with Crippen LogP contribution in [0.4, 0.5) is 0 Å². The minimum atomic E-state index is -0.465. The van der Waals surface area contributed by atoms with Gasteiger partial charge in [0.1, 0.15) is 5.60 Å². The molecule has 1 N–H and O–H groups in total. The Morgan fingerprint density at radius 2 is 2.07 bits per heavy atom. The predicted molar refractivity (Wildman–Crippen MR) is 108 cm³/mol. The Labute approximate surface area is 169 Å². The number of carbonyl (C=O) groups excluding carboxylic acids is 1. The van der Waals surface area contributed by atoms with E-state index in [9.17, 15) is 4.79 Å². The molecule has 0 amide bonds. The summed E-state index contributed by atoms with van der Waals surface area (Å²) in [7, 11) is 1.34. The lowest BCUT2D eigenvalue weighted by Crippen LogP contribution is -2.46. The Morgan fingerprint density at radius 1 is 1.24 bits per heavy atom. The Balaban J connectivity index is 1.30. The predicted octanol–water partition coefficient (Wildman–Crippen LogP) is 2.81. The fourth-order valence-electron chi connectivity index (χ4n) is 4.61. The first-order chi connectivity index (χ1) is 14.2. The highest BCUT2D eigenvalue weighted by molar-refractivity contribution is 5.86. The Hall–Kier alpha value is -2.77. The van der Waals surface area contributed by atoms with Gasteiger partial charge in [0.2, 0.25) is 0 Å². The lowest BCUT2D eigenvalue weighted by atomic mass is 9.83. The van der Waals surface area contributed by atoms with Crippen LogP contribution in [0.2, 0.25) is 0 Å². The van der Waals surface area contributed by atoms with Gasteiger partial charge in [-0.05, 0) is 30.9 Å². The highest BCUT2D eigenvalue weighted by Gasteiger charge is 2.42. The molecule has 5 rings (SSSR count). The second-order valence-corrected chi connectivity index (χ2v) is 7.78. The lowest BCUT2D eigenvalue weighted by molar-refractivity contribution is -0.101. The Morgan fingerprint density at radius 3 is 2.83 bits per heavy atom. The topological polar surface area (TPSA) is 80.3 Å². The minimum Gasteiger partial charge on any atom is -0.464 e. The van der Waals surface area contributed by atoms with Crippen LogP contribution in [0.3, 0.4) is 0 Å². The van der Waals surface area contributed by atoms with Crippen molar-refractivity contribution in [3.63, 3.8) is 0 Å². The maximum Gasteiger partial charge on any atom is 0.358 e. The molecule has 0 radical (unpaired) electrons. The number of benzene rings is 1. The first kappa shape index (κ1) is 18.3. The number of fused-ring (bicyclic) bond motifs is 4. The molecule has 1 saturated heterocycles. The molecule has 29 heavy (non-hydrogen) atoms. The van der Waals surface area contributed by atoms with Crippen molar-refractivity contribution < 1.29 is 14.3 Å². The average Bonchev–Trinajstić information content (AvgIpc) is 3.16. The second-order valence-electron chi connectivity index (χ2n) is 7.78. The highest BCUT2D eigenvalue weighted by Crippen LogP contribution is 2.43. The van der Waals surface area contributed by atoms with Crippen molar-refractivity contribution in [1.29, 1.82) is 0 Å². The summed E-state index contributed by atoms with van der Waals surface area (Å²) in [6.07, 6.45) is 5.99. The number of H-pyrrole nitrogens is 1. The van der Waals surface area contributed by atoms with Crippen molar-refractivity contribution in [1.82, 2.24) is 19.9 Å². The van der Waals surface area contributed by atoms with E-state index in [4.69, 9.17) is 4.74 Å². The zero-order valence-electron chi connectivity index (χ0n) is 16.5. The van der Waals surface area contributed by atoms with Crippen LogP contribution >= 0.6 is 0 Å². The van der Waals surface area contributed by atoms with Crippen LogP contribution in [-0.4, -0.2) is 52.6 Å². The van der Waals surface area contributed by atoms with Gasteiger partial charge in [0.05, 0.1) is 37.5 Å². The van der Waals surface area contributed by atoms with Gasteiger partial charge in [-0.3, -0.25) is 9.88 Å². The number of methoxy groups -OCH3 is 1. The Bertz CT molecular complexity index is 1040. The van der Waals surface area contributed by atoms with Crippen molar-refractivity contribution in [2.45, 2.75) is 31.4 Å². The van der Waals surface area contributed by atoms with Gasteiger partial charge in [-0.25, -0.2) is 9.78 Å². The molecule has 2 aromatic heterocycles. The third-order valence-corrected chi connectivity index (χ3v) is 6.15. The van der Waals surface area contributed by atoms with Crippen molar-refractivity contribution in [2.75, 3.05) is 26.8 Å². The van der Waals surface area contributed by atoms with E-state index in [2.05, 4.69) is 48.9 Å². The zero-order valence-corrected chi connectivity index (χ0v) is 16.5. The first-order valence-corrected chi connectivity index (χ1v) is 10.0. The third-order valence-electron chi connectivity index (χ3n) is 6.15. The summed E-state index contributed by atoms with van der Waals surface area (Å²) in [5.41, 5.74) is 4.76. The van der Waals surface area contributed by atoms with Crippen LogP contribution in [-0.2, 0) is 28.0 Å². The molecule has 2 aliphatic rings. The van der Waals surface area contributed by atoms with Gasteiger partial charge in [-0.15, -0.1) is 0 Å². The number of hydrogen-bond acceptors (Lipinski definition) is 6. The van der Waals surface area contributed by atoms with Crippen LogP contribution < -0.4 is 0 Å². The van der Waals surface area contributed by atoms with Gasteiger partial charge in [0, 0.05) is 30.5 Å². The number of likely N-dealkylation sites (tertiary alicyclic amines) is 1. The number of para-hydroxylation sites is 1. The van der Waals surface area contributed by atoms with Crippen molar-refractivity contribution in [2.24, 2.45) is 0 Å². The maximum atomic E-state index is 11.5. The van der Waals surface area contributed by atoms with Gasteiger partial charge < -0.3 is 14.5 Å². The van der Waals surface area contributed by atoms with E-state index in [1.54, 1.807) is 6.20 Å². The van der Waals surface area contributed by atoms with Crippen LogP contribution in [0.5, 0.6) is 0 Å². The van der Waals surface area contributed by atoms with E-state index in [0.717, 1.165) is 44.7 Å². The van der Waals surface area contributed by atoms with Crippen molar-refractivity contribution in [3.8, 4) is 0 Å². The standard InChI is InChI=1S/C22H24N4O3/c1-28-21(27)19-13-23-15(12-24-19)14-26-9-7-22(8-10-26)20-17(6-11-29-22)16-4-2-3-5-18(16)25-20/h2-5,12-13,25H,6-11,14H2,1H3. The number of hydrogen-bond donors (Lipinski definition) is 1. The summed E-state index contributed by atoms with van der Waals surface area (Å²) in [6.45, 7) is 3.34. The number of rotatable bonds is 3. The molecule has 1 fully saturated rings. The van der Waals surface area contributed by atoms with Gasteiger partial charge >= 0.3 is 5.97 Å². The molecule has 0 aliphatic carbocycles. The number of carbonyl (C=O) groups is 1. The van der Waals surface area contributed by atoms with E-state index in [-0.39, 0.29) is 11.3 Å². The lowest BCUT2D eigenvalue weighted by Gasteiger charge is -2.43. The molecule has 7 nitrogen and oxygen atoms in total. The SMILES string of the molecule is COC(=O)c1cnc(CN2CCC3(CC2)OCCc2c3[nH]c3ccccc23)cn1. The summed E-state index contributed by atoms with van der Waals surface area (Å²) < 4.78 is 11.0. The van der Waals surface area contributed by atoms with Gasteiger partial charge in [0.25, 0.3) is 0 Å². The normalized spacial score (nSPS) is 18.7. The largest absolute Gasteiger partial charge is 0.464 e. The molecule has 7 heteroatoms.